The molecule has 10 heteroatoms. The molecule has 1 aliphatic rings. The van der Waals surface area contributed by atoms with Crippen LogP contribution in [0.15, 0.2) is 30.5 Å². The molecule has 0 bridgehead atoms. The van der Waals surface area contributed by atoms with E-state index in [1.165, 1.54) is 11.9 Å². The van der Waals surface area contributed by atoms with Crippen LogP contribution in [0.1, 0.15) is 28.8 Å². The minimum Gasteiger partial charge on any atom is -0.383 e. The summed E-state index contributed by atoms with van der Waals surface area (Å²) in [5.41, 5.74) is 2.24. The van der Waals surface area contributed by atoms with Gasteiger partial charge in [0.1, 0.15) is 18.1 Å². The first-order valence-corrected chi connectivity index (χ1v) is 9.97. The highest BCUT2D eigenvalue weighted by Gasteiger charge is 2.36. The number of halogens is 1. The summed E-state index contributed by atoms with van der Waals surface area (Å²) in [7, 11) is 1.52. The molecule has 1 unspecified atom stereocenters. The van der Waals surface area contributed by atoms with Crippen LogP contribution < -0.4 is 16.0 Å². The Morgan fingerprint density at radius 2 is 2.10 bits per heavy atom. The van der Waals surface area contributed by atoms with Crippen LogP contribution in [0.5, 0.6) is 0 Å². The Balaban J connectivity index is 1.66. The highest BCUT2D eigenvalue weighted by molar-refractivity contribution is 6.28. The van der Waals surface area contributed by atoms with Gasteiger partial charge in [-0.3, -0.25) is 9.59 Å². The molecule has 1 aliphatic heterocycles. The lowest BCUT2D eigenvalue weighted by molar-refractivity contribution is -0.125. The van der Waals surface area contributed by atoms with E-state index in [4.69, 9.17) is 11.6 Å². The third-order valence-corrected chi connectivity index (χ3v) is 5.03. The van der Waals surface area contributed by atoms with Crippen LogP contribution in [-0.4, -0.2) is 59.1 Å². The summed E-state index contributed by atoms with van der Waals surface area (Å²) in [5.74, 6) is 0.141. The quantitative estimate of drug-likeness (QED) is 0.298. The molecule has 1 aromatic heterocycles. The SMILES string of the molecule is CNC(=O)C(CCC=O)N1Cc2c(NCCNc3ccnc(Cl)n3)cccc2C1=O. The van der Waals surface area contributed by atoms with E-state index in [-0.39, 0.29) is 29.9 Å². The predicted octanol–water partition coefficient (Wildman–Crippen LogP) is 1.70. The molecule has 0 radical (unpaired) electrons. The molecule has 0 fully saturated rings. The number of anilines is 2. The van der Waals surface area contributed by atoms with E-state index in [0.717, 1.165) is 17.5 Å². The first-order valence-electron chi connectivity index (χ1n) is 9.59. The maximum Gasteiger partial charge on any atom is 0.255 e. The average molecular weight is 431 g/mol. The van der Waals surface area contributed by atoms with E-state index in [2.05, 4.69) is 25.9 Å². The molecule has 2 aromatic rings. The third-order valence-electron chi connectivity index (χ3n) is 4.85. The first-order chi connectivity index (χ1) is 14.5. The zero-order valence-corrected chi connectivity index (χ0v) is 17.3. The van der Waals surface area contributed by atoms with Crippen LogP contribution in [0.3, 0.4) is 0 Å². The standard InChI is InChI=1S/C20H23ClN6O3/c1-22-18(29)16(6-3-11-28)27-12-14-13(19(27)30)4-2-5-15(14)23-9-10-24-17-7-8-25-20(21)26-17/h2,4-5,7-8,11,16,23H,3,6,9-10,12H2,1H3,(H,22,29)(H,24,25,26). The van der Waals surface area contributed by atoms with Crippen LogP contribution in [0, 0.1) is 0 Å². The number of carbonyl (C=O) groups is 3. The molecule has 0 saturated carbocycles. The molecular weight excluding hydrogens is 408 g/mol. The number of hydrogen-bond donors (Lipinski definition) is 3. The van der Waals surface area contributed by atoms with E-state index in [1.54, 1.807) is 24.4 Å². The number of carbonyl (C=O) groups excluding carboxylic acids is 3. The molecule has 3 N–H and O–H groups in total. The molecule has 0 spiro atoms. The molecule has 158 valence electrons. The molecule has 1 atom stereocenters. The van der Waals surface area contributed by atoms with Crippen LogP contribution in [-0.2, 0) is 16.1 Å². The minimum absolute atomic E-state index is 0.174. The summed E-state index contributed by atoms with van der Waals surface area (Å²) in [6, 6.07) is 6.50. The molecule has 2 heterocycles. The smallest absolute Gasteiger partial charge is 0.255 e. The fourth-order valence-corrected chi connectivity index (χ4v) is 3.56. The number of aldehydes is 1. The molecule has 30 heavy (non-hydrogen) atoms. The van der Waals surface area contributed by atoms with Crippen molar-refractivity contribution in [3.63, 3.8) is 0 Å². The minimum atomic E-state index is -0.683. The van der Waals surface area contributed by atoms with Crippen molar-refractivity contribution < 1.29 is 14.4 Å². The van der Waals surface area contributed by atoms with Gasteiger partial charge in [0.25, 0.3) is 5.91 Å². The lowest BCUT2D eigenvalue weighted by atomic mass is 10.1. The van der Waals surface area contributed by atoms with Gasteiger partial charge in [-0.1, -0.05) is 6.07 Å². The van der Waals surface area contributed by atoms with Gasteiger partial charge in [-0.2, -0.15) is 0 Å². The predicted molar refractivity (Wildman–Crippen MR) is 113 cm³/mol. The van der Waals surface area contributed by atoms with E-state index in [0.29, 0.717) is 31.0 Å². The number of nitrogens with zero attached hydrogens (tertiary/aromatic N) is 3. The first kappa shape index (κ1) is 21.5. The maximum atomic E-state index is 12.9. The Kier molecular flexibility index (Phi) is 7.18. The van der Waals surface area contributed by atoms with Crippen molar-refractivity contribution in [2.45, 2.75) is 25.4 Å². The Morgan fingerprint density at radius 1 is 1.30 bits per heavy atom. The Labute approximate surface area is 179 Å². The number of fused-ring (bicyclic) bond motifs is 1. The van der Waals surface area contributed by atoms with Gasteiger partial charge in [-0.05, 0) is 36.2 Å². The van der Waals surface area contributed by atoms with Gasteiger partial charge < -0.3 is 25.6 Å². The van der Waals surface area contributed by atoms with Crippen molar-refractivity contribution in [3.8, 4) is 0 Å². The number of rotatable bonds is 10. The van der Waals surface area contributed by atoms with Gasteiger partial charge in [0.05, 0.1) is 0 Å². The van der Waals surface area contributed by atoms with Gasteiger partial charge >= 0.3 is 0 Å². The number of hydrogen-bond acceptors (Lipinski definition) is 7. The van der Waals surface area contributed by atoms with Gasteiger partial charge in [-0.25, -0.2) is 9.97 Å². The number of nitrogens with one attached hydrogen (secondary N) is 3. The zero-order valence-electron chi connectivity index (χ0n) is 16.5. The summed E-state index contributed by atoms with van der Waals surface area (Å²) in [6.07, 6.45) is 2.83. The van der Waals surface area contributed by atoms with Crippen LogP contribution in [0.2, 0.25) is 5.28 Å². The maximum absolute atomic E-state index is 12.9. The molecule has 3 rings (SSSR count). The summed E-state index contributed by atoms with van der Waals surface area (Å²) in [4.78, 5) is 45.4. The second kappa shape index (κ2) is 10.0. The molecule has 1 aromatic carbocycles. The highest BCUT2D eigenvalue weighted by Crippen LogP contribution is 2.31. The number of aromatic nitrogens is 2. The van der Waals surface area contributed by atoms with Crippen molar-refractivity contribution in [3.05, 3.63) is 46.9 Å². The molecule has 0 saturated heterocycles. The summed E-state index contributed by atoms with van der Waals surface area (Å²) in [5, 5.41) is 9.22. The summed E-state index contributed by atoms with van der Waals surface area (Å²) >= 11 is 5.77. The van der Waals surface area contributed by atoms with E-state index < -0.39 is 6.04 Å². The fraction of sp³-hybridized carbons (Fsp3) is 0.350. The van der Waals surface area contributed by atoms with Gasteiger partial charge in [0, 0.05) is 56.1 Å². The molecule has 0 aliphatic carbocycles. The topological polar surface area (TPSA) is 116 Å². The van der Waals surface area contributed by atoms with E-state index >= 15 is 0 Å². The third kappa shape index (κ3) is 4.85. The Bertz CT molecular complexity index is 939. The van der Waals surface area contributed by atoms with Gasteiger partial charge in [-0.15, -0.1) is 0 Å². The molecular formula is C20H23ClN6O3. The largest absolute Gasteiger partial charge is 0.383 e. The normalized spacial score (nSPS) is 13.5. The van der Waals surface area contributed by atoms with Crippen molar-refractivity contribution in [2.24, 2.45) is 0 Å². The van der Waals surface area contributed by atoms with Crippen molar-refractivity contribution in [2.75, 3.05) is 30.8 Å². The molecule has 9 nitrogen and oxygen atoms in total. The second-order valence-corrected chi connectivity index (χ2v) is 7.04. The van der Waals surface area contributed by atoms with Crippen molar-refractivity contribution in [1.82, 2.24) is 20.2 Å². The zero-order chi connectivity index (χ0) is 21.5. The van der Waals surface area contributed by atoms with Crippen LogP contribution >= 0.6 is 11.6 Å². The number of likely N-dealkylation sites (N-methyl/N-ethyl adjacent to an activating group) is 1. The molecule has 2 amide bonds. The van der Waals surface area contributed by atoms with Gasteiger partial charge in [0.2, 0.25) is 11.2 Å². The Hall–Kier alpha value is -3.20. The lowest BCUT2D eigenvalue weighted by Gasteiger charge is -2.25. The van der Waals surface area contributed by atoms with E-state index in [1.807, 2.05) is 6.07 Å². The van der Waals surface area contributed by atoms with Gasteiger partial charge in [0.15, 0.2) is 0 Å². The fourth-order valence-electron chi connectivity index (χ4n) is 3.41. The number of amides is 2. The number of benzene rings is 1. The second-order valence-electron chi connectivity index (χ2n) is 6.70. The highest BCUT2D eigenvalue weighted by atomic mass is 35.5. The average Bonchev–Trinajstić information content (AvgIpc) is 3.08. The van der Waals surface area contributed by atoms with Crippen LogP contribution in [0.4, 0.5) is 11.5 Å². The van der Waals surface area contributed by atoms with E-state index in [9.17, 15) is 14.4 Å². The summed E-state index contributed by atoms with van der Waals surface area (Å²) < 4.78 is 0. The lowest BCUT2D eigenvalue weighted by Crippen LogP contribution is -2.46. The van der Waals surface area contributed by atoms with Crippen molar-refractivity contribution >= 4 is 41.2 Å². The monoisotopic (exact) mass is 430 g/mol. The van der Waals surface area contributed by atoms with Crippen LogP contribution in [0.25, 0.3) is 0 Å². The summed E-state index contributed by atoms with van der Waals surface area (Å²) in [6.45, 7) is 1.47. The Morgan fingerprint density at radius 3 is 2.83 bits per heavy atom. The van der Waals surface area contributed by atoms with Crippen molar-refractivity contribution in [1.29, 1.82) is 0 Å².